The van der Waals surface area contributed by atoms with Gasteiger partial charge in [0.05, 0.1) is 6.54 Å². The van der Waals surface area contributed by atoms with Gasteiger partial charge in [0.25, 0.3) is 0 Å². The number of guanidine groups is 1. The van der Waals surface area contributed by atoms with E-state index in [2.05, 4.69) is 53.6 Å². The Hall–Kier alpha value is -0.820. The lowest BCUT2D eigenvalue weighted by Gasteiger charge is -2.22. The lowest BCUT2D eigenvalue weighted by Crippen LogP contribution is -2.37. The van der Waals surface area contributed by atoms with E-state index >= 15 is 0 Å². The average molecular weight is 402 g/mol. The molecule has 1 aliphatic rings. The van der Waals surface area contributed by atoms with E-state index in [0.717, 1.165) is 25.4 Å². The van der Waals surface area contributed by atoms with Crippen LogP contribution < -0.4 is 11.1 Å². The standard InChI is InChI=1S/C16H26N4.HI/c1-20(2)15(14-8-9-14)12-19-16(17)18-11-10-13-6-4-3-5-7-13;/h3-7,14-15H,8-12H2,1-2H3,(H3,17,18,19);1H. The Morgan fingerprint density at radius 2 is 2.00 bits per heavy atom. The summed E-state index contributed by atoms with van der Waals surface area (Å²) in [7, 11) is 4.25. The third-order valence-corrected chi connectivity index (χ3v) is 3.84. The van der Waals surface area contributed by atoms with Crippen molar-refractivity contribution < 1.29 is 0 Å². The Bertz CT molecular complexity index is 427. The summed E-state index contributed by atoms with van der Waals surface area (Å²) in [4.78, 5) is 6.74. The predicted molar refractivity (Wildman–Crippen MR) is 100 cm³/mol. The van der Waals surface area contributed by atoms with Crippen LogP contribution in [0, 0.1) is 5.92 Å². The van der Waals surface area contributed by atoms with Crippen LogP contribution in [-0.4, -0.2) is 44.1 Å². The van der Waals surface area contributed by atoms with Crippen LogP contribution in [0.15, 0.2) is 35.3 Å². The van der Waals surface area contributed by atoms with Crippen molar-refractivity contribution in [1.29, 1.82) is 0 Å². The van der Waals surface area contributed by atoms with E-state index in [4.69, 9.17) is 5.73 Å². The van der Waals surface area contributed by atoms with Crippen LogP contribution >= 0.6 is 24.0 Å². The third kappa shape index (κ3) is 6.65. The van der Waals surface area contributed by atoms with Crippen molar-refractivity contribution in [3.63, 3.8) is 0 Å². The van der Waals surface area contributed by atoms with Crippen molar-refractivity contribution in [3.8, 4) is 0 Å². The average Bonchev–Trinajstić information content (AvgIpc) is 3.24. The molecule has 0 aromatic heterocycles. The van der Waals surface area contributed by atoms with Crippen molar-refractivity contribution in [2.45, 2.75) is 25.3 Å². The highest BCUT2D eigenvalue weighted by molar-refractivity contribution is 14.0. The minimum Gasteiger partial charge on any atom is -0.370 e. The van der Waals surface area contributed by atoms with Crippen LogP contribution in [0.3, 0.4) is 0 Å². The summed E-state index contributed by atoms with van der Waals surface area (Å²) in [5.41, 5.74) is 7.24. The van der Waals surface area contributed by atoms with E-state index < -0.39 is 0 Å². The van der Waals surface area contributed by atoms with Gasteiger partial charge in [-0.3, -0.25) is 4.99 Å². The maximum atomic E-state index is 5.93. The fourth-order valence-electron chi connectivity index (χ4n) is 2.44. The molecule has 1 saturated carbocycles. The second-order valence-electron chi connectivity index (χ2n) is 5.76. The number of hydrogen-bond acceptors (Lipinski definition) is 2. The summed E-state index contributed by atoms with van der Waals surface area (Å²) in [6.07, 6.45) is 3.64. The normalized spacial score (nSPS) is 16.4. The van der Waals surface area contributed by atoms with Gasteiger partial charge in [-0.2, -0.15) is 0 Å². The Morgan fingerprint density at radius 3 is 2.57 bits per heavy atom. The largest absolute Gasteiger partial charge is 0.370 e. The molecule has 4 nitrogen and oxygen atoms in total. The second-order valence-corrected chi connectivity index (χ2v) is 5.76. The van der Waals surface area contributed by atoms with Gasteiger partial charge in [-0.25, -0.2) is 0 Å². The van der Waals surface area contributed by atoms with E-state index in [1.54, 1.807) is 0 Å². The summed E-state index contributed by atoms with van der Waals surface area (Å²) in [5.74, 6) is 1.37. The van der Waals surface area contributed by atoms with Crippen LogP contribution in [0.4, 0.5) is 0 Å². The number of nitrogens with zero attached hydrogens (tertiary/aromatic N) is 2. The summed E-state index contributed by atoms with van der Waals surface area (Å²) in [5, 5.41) is 3.19. The highest BCUT2D eigenvalue weighted by Gasteiger charge is 2.32. The number of likely N-dealkylation sites (N-methyl/N-ethyl adjacent to an activating group) is 1. The molecule has 0 spiro atoms. The van der Waals surface area contributed by atoms with Gasteiger partial charge in [0, 0.05) is 12.6 Å². The number of nitrogens with two attached hydrogens (primary N) is 1. The maximum absolute atomic E-state index is 5.93. The molecule has 0 bridgehead atoms. The molecule has 0 heterocycles. The number of rotatable bonds is 7. The molecule has 1 aliphatic carbocycles. The molecule has 1 aromatic rings. The molecule has 3 N–H and O–H groups in total. The van der Waals surface area contributed by atoms with Gasteiger partial charge in [0.1, 0.15) is 0 Å². The van der Waals surface area contributed by atoms with Crippen molar-refractivity contribution >= 4 is 29.9 Å². The van der Waals surface area contributed by atoms with E-state index in [9.17, 15) is 0 Å². The van der Waals surface area contributed by atoms with Crippen LogP contribution in [0.2, 0.25) is 0 Å². The van der Waals surface area contributed by atoms with E-state index in [0.29, 0.717) is 12.0 Å². The zero-order valence-electron chi connectivity index (χ0n) is 13.0. The first-order valence-electron chi connectivity index (χ1n) is 7.41. The number of hydrogen-bond donors (Lipinski definition) is 2. The van der Waals surface area contributed by atoms with Gasteiger partial charge in [-0.15, -0.1) is 24.0 Å². The molecule has 0 radical (unpaired) electrons. The van der Waals surface area contributed by atoms with Crippen molar-refractivity contribution in [3.05, 3.63) is 35.9 Å². The number of nitrogens with one attached hydrogen (secondary N) is 1. The van der Waals surface area contributed by atoms with E-state index in [1.165, 1.54) is 18.4 Å². The third-order valence-electron chi connectivity index (χ3n) is 3.84. The van der Waals surface area contributed by atoms with Gasteiger partial charge >= 0.3 is 0 Å². The molecule has 0 saturated heterocycles. The first-order valence-corrected chi connectivity index (χ1v) is 7.41. The van der Waals surface area contributed by atoms with Crippen LogP contribution in [0.25, 0.3) is 0 Å². The SMILES string of the molecule is CN(C)C(CN=C(N)NCCc1ccccc1)C1CC1.I. The first-order chi connectivity index (χ1) is 9.66. The van der Waals surface area contributed by atoms with Crippen LogP contribution in [-0.2, 0) is 6.42 Å². The molecule has 1 unspecified atom stereocenters. The molecule has 1 fully saturated rings. The van der Waals surface area contributed by atoms with Gasteiger partial charge in [0.2, 0.25) is 0 Å². The van der Waals surface area contributed by atoms with Crippen LogP contribution in [0.5, 0.6) is 0 Å². The van der Waals surface area contributed by atoms with E-state index in [-0.39, 0.29) is 24.0 Å². The van der Waals surface area contributed by atoms with Crippen molar-refractivity contribution in [2.75, 3.05) is 27.2 Å². The summed E-state index contributed by atoms with van der Waals surface area (Å²) >= 11 is 0. The molecule has 118 valence electrons. The fraction of sp³-hybridized carbons (Fsp3) is 0.562. The van der Waals surface area contributed by atoms with Crippen LogP contribution in [0.1, 0.15) is 18.4 Å². The highest BCUT2D eigenvalue weighted by atomic mass is 127. The Balaban J connectivity index is 0.00000220. The maximum Gasteiger partial charge on any atom is 0.188 e. The Kier molecular flexibility index (Phi) is 8.03. The molecule has 2 rings (SSSR count). The Labute approximate surface area is 145 Å². The first kappa shape index (κ1) is 18.2. The summed E-state index contributed by atoms with van der Waals surface area (Å²) in [6, 6.07) is 10.9. The number of benzene rings is 1. The van der Waals surface area contributed by atoms with Gasteiger partial charge in [-0.05, 0) is 44.8 Å². The summed E-state index contributed by atoms with van der Waals surface area (Å²) < 4.78 is 0. The van der Waals surface area contributed by atoms with Gasteiger partial charge in [0.15, 0.2) is 5.96 Å². The molecule has 1 atom stereocenters. The smallest absolute Gasteiger partial charge is 0.188 e. The molecule has 1 aromatic carbocycles. The Morgan fingerprint density at radius 1 is 1.33 bits per heavy atom. The fourth-order valence-corrected chi connectivity index (χ4v) is 2.44. The van der Waals surface area contributed by atoms with Crippen molar-refractivity contribution in [2.24, 2.45) is 16.6 Å². The molecular formula is C16H27IN4. The zero-order valence-corrected chi connectivity index (χ0v) is 15.3. The quantitative estimate of drug-likeness (QED) is 0.417. The second kappa shape index (κ2) is 9.25. The number of halogens is 1. The summed E-state index contributed by atoms with van der Waals surface area (Å²) in [6.45, 7) is 1.62. The highest BCUT2D eigenvalue weighted by Crippen LogP contribution is 2.34. The minimum absolute atomic E-state index is 0. The zero-order chi connectivity index (χ0) is 14.4. The monoisotopic (exact) mass is 402 g/mol. The lowest BCUT2D eigenvalue weighted by atomic mass is 10.1. The molecule has 0 amide bonds. The van der Waals surface area contributed by atoms with Crippen molar-refractivity contribution in [1.82, 2.24) is 10.2 Å². The number of aliphatic imine (C=N–C) groups is 1. The molecular weight excluding hydrogens is 375 g/mol. The lowest BCUT2D eigenvalue weighted by molar-refractivity contribution is 0.271. The molecule has 0 aliphatic heterocycles. The van der Waals surface area contributed by atoms with Gasteiger partial charge < -0.3 is 16.0 Å². The minimum atomic E-state index is 0. The van der Waals surface area contributed by atoms with Gasteiger partial charge in [-0.1, -0.05) is 30.3 Å². The predicted octanol–water partition coefficient (Wildman–Crippen LogP) is 2.09. The molecule has 5 heteroatoms. The topological polar surface area (TPSA) is 53.6 Å². The molecule has 21 heavy (non-hydrogen) atoms. The van der Waals surface area contributed by atoms with E-state index in [1.807, 2.05) is 6.07 Å².